The van der Waals surface area contributed by atoms with Gasteiger partial charge in [0.2, 0.25) is 21.8 Å². The van der Waals surface area contributed by atoms with Crippen LogP contribution >= 0.6 is 24.8 Å². The molecule has 32 heavy (non-hydrogen) atoms. The van der Waals surface area contributed by atoms with Crippen LogP contribution in [0.25, 0.3) is 0 Å². The van der Waals surface area contributed by atoms with Crippen LogP contribution in [0, 0.1) is 5.92 Å². The Morgan fingerprint density at radius 1 is 1.09 bits per heavy atom. The molecule has 3 heterocycles. The summed E-state index contributed by atoms with van der Waals surface area (Å²) < 4.78 is 25.3. The zero-order valence-corrected chi connectivity index (χ0v) is 21.8. The monoisotopic (exact) mass is 512 g/mol. The highest BCUT2D eigenvalue weighted by Crippen LogP contribution is 2.40. The molecule has 3 aliphatic heterocycles. The van der Waals surface area contributed by atoms with E-state index in [9.17, 15) is 18.0 Å². The van der Waals surface area contributed by atoms with Gasteiger partial charge in [-0.1, -0.05) is 19.8 Å². The van der Waals surface area contributed by atoms with Crippen LogP contribution in [0.15, 0.2) is 11.8 Å². The summed E-state index contributed by atoms with van der Waals surface area (Å²) in [5, 5.41) is 0. The largest absolute Gasteiger partial charge is 0.330 e. The number of unbranched alkanes of at least 4 members (excludes halogenated alkanes) is 2. The van der Waals surface area contributed by atoms with Gasteiger partial charge in [-0.05, 0) is 38.9 Å². The smallest absolute Gasteiger partial charge is 0.246 e. The molecule has 8 nitrogen and oxygen atoms in total. The van der Waals surface area contributed by atoms with Crippen LogP contribution in [0.4, 0.5) is 0 Å². The topological polar surface area (TPSA) is 81.2 Å². The van der Waals surface area contributed by atoms with Crippen molar-refractivity contribution in [1.29, 1.82) is 0 Å². The summed E-state index contributed by atoms with van der Waals surface area (Å²) in [6.45, 7) is 7.90. The van der Waals surface area contributed by atoms with Gasteiger partial charge in [-0.15, -0.1) is 24.8 Å². The van der Waals surface area contributed by atoms with E-state index in [-0.39, 0.29) is 36.6 Å². The Labute approximate surface area is 205 Å². The maximum Gasteiger partial charge on any atom is 0.246 e. The number of carbonyl (C=O) groups is 2. The number of nitrogens with zero attached hydrogens (tertiary/aromatic N) is 4. The Hall–Kier alpha value is -0.870. The van der Waals surface area contributed by atoms with Gasteiger partial charge in [-0.25, -0.2) is 12.7 Å². The second-order valence-electron chi connectivity index (χ2n) is 8.84. The van der Waals surface area contributed by atoms with Crippen molar-refractivity contribution >= 4 is 46.7 Å². The Kier molecular flexibility index (Phi) is 11.4. The van der Waals surface area contributed by atoms with E-state index in [1.165, 1.54) is 0 Å². The number of carbonyl (C=O) groups excluding carboxylic acids is 2. The van der Waals surface area contributed by atoms with E-state index in [0.29, 0.717) is 25.1 Å². The molecule has 0 unspecified atom stereocenters. The summed E-state index contributed by atoms with van der Waals surface area (Å²) >= 11 is 0. The zero-order valence-electron chi connectivity index (χ0n) is 19.4. The van der Waals surface area contributed by atoms with Crippen molar-refractivity contribution in [3.8, 4) is 0 Å². The molecule has 0 aromatic rings. The number of rotatable bonds is 9. The molecule has 186 valence electrons. The number of hydrogen-bond acceptors (Lipinski definition) is 6. The number of likely N-dealkylation sites (N-methyl/N-ethyl adjacent to an activating group) is 1. The normalized spacial score (nSPS) is 24.1. The highest BCUT2D eigenvalue weighted by atomic mass is 35.5. The minimum Gasteiger partial charge on any atom is -0.330 e. The minimum absolute atomic E-state index is 0. The molecule has 2 amide bonds. The number of hydrogen-bond donors (Lipinski definition) is 0. The first kappa shape index (κ1) is 29.2. The molecule has 11 heteroatoms. The first-order valence-electron chi connectivity index (χ1n) is 11.2. The third-order valence-corrected chi connectivity index (χ3v) is 7.54. The van der Waals surface area contributed by atoms with Gasteiger partial charge in [0.15, 0.2) is 0 Å². The summed E-state index contributed by atoms with van der Waals surface area (Å²) in [6, 6.07) is -0.426. The first-order chi connectivity index (χ1) is 14.2. The molecular formula is C21H38Cl2N4O4S. The fraction of sp³-hybridized carbons (Fsp3) is 0.810. The van der Waals surface area contributed by atoms with E-state index >= 15 is 0 Å². The summed E-state index contributed by atoms with van der Waals surface area (Å²) in [4.78, 5) is 32.2. The van der Waals surface area contributed by atoms with Gasteiger partial charge in [0, 0.05) is 39.1 Å². The predicted octanol–water partition coefficient (Wildman–Crippen LogP) is 1.95. The van der Waals surface area contributed by atoms with Crippen LogP contribution in [0.2, 0.25) is 0 Å². The van der Waals surface area contributed by atoms with Crippen molar-refractivity contribution in [1.82, 2.24) is 19.0 Å². The number of fused-ring (bicyclic) bond motifs is 1. The van der Waals surface area contributed by atoms with Gasteiger partial charge in [0.25, 0.3) is 0 Å². The number of amides is 2. The van der Waals surface area contributed by atoms with Crippen molar-refractivity contribution in [2.24, 2.45) is 5.92 Å². The molecule has 2 fully saturated rings. The van der Waals surface area contributed by atoms with Gasteiger partial charge in [-0.2, -0.15) is 0 Å². The van der Waals surface area contributed by atoms with E-state index in [2.05, 4.69) is 16.8 Å². The minimum atomic E-state index is -3.67. The lowest BCUT2D eigenvalue weighted by Crippen LogP contribution is -2.44. The fourth-order valence-corrected chi connectivity index (χ4v) is 5.86. The molecule has 0 radical (unpaired) electrons. The molecule has 0 bridgehead atoms. The fourth-order valence-electron chi connectivity index (χ4n) is 4.83. The van der Waals surface area contributed by atoms with E-state index in [1.807, 2.05) is 6.92 Å². The highest BCUT2D eigenvalue weighted by Gasteiger charge is 2.53. The van der Waals surface area contributed by atoms with Crippen molar-refractivity contribution < 1.29 is 18.0 Å². The van der Waals surface area contributed by atoms with E-state index in [0.717, 1.165) is 69.0 Å². The molecule has 0 spiro atoms. The average molecular weight is 514 g/mol. The van der Waals surface area contributed by atoms with Gasteiger partial charge >= 0.3 is 0 Å². The van der Waals surface area contributed by atoms with Crippen molar-refractivity contribution in [2.45, 2.75) is 51.5 Å². The lowest BCUT2D eigenvalue weighted by molar-refractivity contribution is -0.133. The molecule has 0 N–H and O–H groups in total. The zero-order chi connectivity index (χ0) is 21.9. The summed E-state index contributed by atoms with van der Waals surface area (Å²) in [5.74, 6) is -0.824. The Bertz CT molecular complexity index is 785. The van der Waals surface area contributed by atoms with Crippen LogP contribution in [-0.4, -0.2) is 97.9 Å². The average Bonchev–Trinajstić information content (AvgIpc) is 3.21. The van der Waals surface area contributed by atoms with Crippen LogP contribution < -0.4 is 0 Å². The second-order valence-corrected chi connectivity index (χ2v) is 10.7. The Morgan fingerprint density at radius 3 is 2.34 bits per heavy atom. The lowest BCUT2D eigenvalue weighted by Gasteiger charge is -2.32. The highest BCUT2D eigenvalue weighted by molar-refractivity contribution is 7.89. The van der Waals surface area contributed by atoms with E-state index in [1.54, 1.807) is 11.0 Å². The molecule has 0 aliphatic carbocycles. The van der Waals surface area contributed by atoms with Gasteiger partial charge in [0.05, 0.1) is 23.9 Å². The van der Waals surface area contributed by atoms with Crippen molar-refractivity contribution in [3.63, 3.8) is 0 Å². The van der Waals surface area contributed by atoms with Crippen LogP contribution in [0.1, 0.15) is 45.4 Å². The van der Waals surface area contributed by atoms with E-state index < -0.39 is 22.0 Å². The van der Waals surface area contributed by atoms with Gasteiger partial charge in [0.1, 0.15) is 0 Å². The lowest BCUT2D eigenvalue weighted by atomic mass is 9.96. The standard InChI is InChI=1S/C21H36N4O4S.2ClH/c1-4-8-17-20-18(25(21(17)27)30(3,28)29)10-12-24(20)19(26)9-6-5-7-11-23-15-13-22(2)14-16-23;;/h10,17,20H,4-9,11-16H2,1-3H3;2*1H/t17-,20-;;/m1../s1. The maximum absolute atomic E-state index is 12.9. The third kappa shape index (κ3) is 6.59. The SMILES string of the molecule is CCC[C@H]1C(=O)N(S(C)(=O)=O)C2=CCN(C(=O)CCCCCN3CCN(C)CC3)[C@@H]21.Cl.Cl. The first-order valence-corrected chi connectivity index (χ1v) is 13.0. The quantitative estimate of drug-likeness (QED) is 0.439. The molecular weight excluding hydrogens is 475 g/mol. The van der Waals surface area contributed by atoms with Crippen molar-refractivity contribution in [2.75, 3.05) is 52.6 Å². The van der Waals surface area contributed by atoms with Crippen molar-refractivity contribution in [3.05, 3.63) is 11.8 Å². The third-order valence-electron chi connectivity index (χ3n) is 6.48. The summed E-state index contributed by atoms with van der Waals surface area (Å²) in [7, 11) is -1.52. The molecule has 3 rings (SSSR count). The summed E-state index contributed by atoms with van der Waals surface area (Å²) in [6.07, 6.45) is 7.52. The number of piperazine rings is 1. The molecule has 2 saturated heterocycles. The maximum atomic E-state index is 12.9. The molecule has 0 aromatic heterocycles. The van der Waals surface area contributed by atoms with Crippen LogP contribution in [0.3, 0.4) is 0 Å². The summed E-state index contributed by atoms with van der Waals surface area (Å²) in [5.41, 5.74) is 0.476. The van der Waals surface area contributed by atoms with Gasteiger partial charge in [-0.3, -0.25) is 9.59 Å². The Morgan fingerprint density at radius 2 is 1.75 bits per heavy atom. The van der Waals surface area contributed by atoms with Crippen LogP contribution in [-0.2, 0) is 19.6 Å². The molecule has 0 saturated carbocycles. The Balaban J connectivity index is 0.00000256. The number of sulfonamides is 1. The molecule has 2 atom stereocenters. The van der Waals surface area contributed by atoms with Crippen LogP contribution in [0.5, 0.6) is 0 Å². The van der Waals surface area contributed by atoms with Gasteiger partial charge < -0.3 is 14.7 Å². The second kappa shape index (κ2) is 12.6. The molecule has 0 aromatic carbocycles. The predicted molar refractivity (Wildman–Crippen MR) is 131 cm³/mol. The van der Waals surface area contributed by atoms with E-state index in [4.69, 9.17) is 0 Å². The molecule has 3 aliphatic rings. The number of halogens is 2.